The van der Waals surface area contributed by atoms with Crippen molar-refractivity contribution in [2.45, 2.75) is 51.7 Å². The number of nitrogens with zero attached hydrogens (tertiary/aromatic N) is 3. The Morgan fingerprint density at radius 2 is 2.11 bits per heavy atom. The molecule has 1 aliphatic heterocycles. The van der Waals surface area contributed by atoms with E-state index in [2.05, 4.69) is 47.1 Å². The van der Waals surface area contributed by atoms with E-state index in [4.69, 9.17) is 0 Å². The summed E-state index contributed by atoms with van der Waals surface area (Å²) in [5, 5.41) is 7.84. The third kappa shape index (κ3) is 3.33. The smallest absolute Gasteiger partial charge is 0.0534 e. The zero-order valence-corrected chi connectivity index (χ0v) is 11.9. The van der Waals surface area contributed by atoms with E-state index >= 15 is 0 Å². The highest BCUT2D eigenvalue weighted by atomic mass is 15.3. The molecule has 0 amide bonds. The number of piperidine rings is 1. The van der Waals surface area contributed by atoms with E-state index in [9.17, 15) is 0 Å². The van der Waals surface area contributed by atoms with Crippen molar-refractivity contribution in [3.63, 3.8) is 0 Å². The molecule has 18 heavy (non-hydrogen) atoms. The molecule has 4 nitrogen and oxygen atoms in total. The summed E-state index contributed by atoms with van der Waals surface area (Å²) >= 11 is 0. The summed E-state index contributed by atoms with van der Waals surface area (Å²) in [6.45, 7) is 8.93. The van der Waals surface area contributed by atoms with Gasteiger partial charge in [0.05, 0.1) is 6.20 Å². The minimum Gasteiger partial charge on any atom is -0.314 e. The maximum atomic E-state index is 4.39. The van der Waals surface area contributed by atoms with Gasteiger partial charge in [-0.1, -0.05) is 6.92 Å². The fraction of sp³-hybridized carbons (Fsp3) is 0.786. The van der Waals surface area contributed by atoms with E-state index in [0.717, 1.165) is 19.5 Å². The minimum absolute atomic E-state index is 0.336. The van der Waals surface area contributed by atoms with Gasteiger partial charge in [0, 0.05) is 43.5 Å². The lowest BCUT2D eigenvalue weighted by Crippen LogP contribution is -2.49. The fourth-order valence-corrected chi connectivity index (χ4v) is 2.55. The van der Waals surface area contributed by atoms with Crippen molar-refractivity contribution < 1.29 is 0 Å². The first-order chi connectivity index (χ1) is 8.65. The maximum Gasteiger partial charge on any atom is 0.0534 e. The highest BCUT2D eigenvalue weighted by molar-refractivity contribution is 5.04. The van der Waals surface area contributed by atoms with Gasteiger partial charge in [-0.15, -0.1) is 0 Å². The molecular weight excluding hydrogens is 224 g/mol. The van der Waals surface area contributed by atoms with Crippen LogP contribution in [0, 0.1) is 0 Å². The van der Waals surface area contributed by atoms with Crippen molar-refractivity contribution in [2.75, 3.05) is 20.1 Å². The molecule has 1 aromatic heterocycles. The summed E-state index contributed by atoms with van der Waals surface area (Å²) < 4.78 is 2.05. The van der Waals surface area contributed by atoms with Crippen molar-refractivity contribution in [2.24, 2.45) is 0 Å². The van der Waals surface area contributed by atoms with Crippen LogP contribution in [0.15, 0.2) is 12.4 Å². The molecule has 102 valence electrons. The van der Waals surface area contributed by atoms with Gasteiger partial charge in [-0.3, -0.25) is 9.58 Å². The number of aryl methyl sites for hydroxylation is 1. The van der Waals surface area contributed by atoms with Crippen molar-refractivity contribution in [3.05, 3.63) is 18.0 Å². The molecule has 0 unspecified atom stereocenters. The predicted octanol–water partition coefficient (Wildman–Crippen LogP) is 1.87. The van der Waals surface area contributed by atoms with Gasteiger partial charge in [0.1, 0.15) is 0 Å². The Labute approximate surface area is 110 Å². The van der Waals surface area contributed by atoms with Crippen LogP contribution in [0.2, 0.25) is 0 Å². The molecule has 0 saturated carbocycles. The first-order valence-electron chi connectivity index (χ1n) is 7.08. The summed E-state index contributed by atoms with van der Waals surface area (Å²) in [7, 11) is 2.07. The Bertz CT molecular complexity index is 364. The lowest BCUT2D eigenvalue weighted by atomic mass is 9.90. The van der Waals surface area contributed by atoms with Crippen molar-refractivity contribution in [3.8, 4) is 0 Å². The van der Waals surface area contributed by atoms with Crippen molar-refractivity contribution >= 4 is 0 Å². The van der Waals surface area contributed by atoms with Gasteiger partial charge in [-0.25, -0.2) is 0 Å². The highest BCUT2D eigenvalue weighted by Gasteiger charge is 2.28. The van der Waals surface area contributed by atoms with E-state index in [1.165, 1.54) is 31.5 Å². The van der Waals surface area contributed by atoms with Gasteiger partial charge in [0.25, 0.3) is 0 Å². The molecule has 2 rings (SSSR count). The number of rotatable bonds is 5. The summed E-state index contributed by atoms with van der Waals surface area (Å²) in [5.41, 5.74) is 1.68. The number of likely N-dealkylation sites (tertiary alicyclic amines) is 1. The molecule has 1 saturated heterocycles. The molecule has 0 atom stereocenters. The van der Waals surface area contributed by atoms with E-state index in [-0.39, 0.29) is 0 Å². The van der Waals surface area contributed by atoms with E-state index < -0.39 is 0 Å². The lowest BCUT2D eigenvalue weighted by molar-refractivity contribution is 0.146. The van der Waals surface area contributed by atoms with Gasteiger partial charge in [-0.2, -0.15) is 5.10 Å². The first-order valence-corrected chi connectivity index (χ1v) is 7.08. The quantitative estimate of drug-likeness (QED) is 0.866. The highest BCUT2D eigenvalue weighted by Crippen LogP contribution is 2.22. The SMILES string of the molecule is CCCn1cc(CN2CCC(C)(NC)CC2)cn1. The van der Waals surface area contributed by atoms with Gasteiger partial charge in [0.2, 0.25) is 0 Å². The van der Waals surface area contributed by atoms with Crippen LogP contribution >= 0.6 is 0 Å². The minimum atomic E-state index is 0.336. The third-order valence-electron chi connectivity index (χ3n) is 4.11. The van der Waals surface area contributed by atoms with Crippen LogP contribution in [0.5, 0.6) is 0 Å². The molecule has 1 aliphatic rings. The van der Waals surface area contributed by atoms with Crippen LogP contribution in [-0.4, -0.2) is 40.4 Å². The number of hydrogen-bond donors (Lipinski definition) is 1. The first kappa shape index (κ1) is 13.6. The summed E-state index contributed by atoms with van der Waals surface area (Å²) in [6.07, 6.45) is 7.81. The standard InChI is InChI=1S/C14H26N4/c1-4-7-18-12-13(10-16-18)11-17-8-5-14(2,15-3)6-9-17/h10,12,15H,4-9,11H2,1-3H3. The molecule has 4 heteroatoms. The Kier molecular flexibility index (Phi) is 4.40. The molecule has 0 bridgehead atoms. The van der Waals surface area contributed by atoms with Crippen LogP contribution in [0.4, 0.5) is 0 Å². The molecule has 0 aromatic carbocycles. The van der Waals surface area contributed by atoms with Gasteiger partial charge < -0.3 is 5.32 Å². The number of hydrogen-bond acceptors (Lipinski definition) is 3. The van der Waals surface area contributed by atoms with Crippen molar-refractivity contribution in [1.82, 2.24) is 20.0 Å². The zero-order chi connectivity index (χ0) is 13.0. The monoisotopic (exact) mass is 250 g/mol. The van der Waals surface area contributed by atoms with E-state index in [1.807, 2.05) is 6.20 Å². The fourth-order valence-electron chi connectivity index (χ4n) is 2.55. The molecule has 1 aromatic rings. The van der Waals surface area contributed by atoms with E-state index in [0.29, 0.717) is 5.54 Å². The Balaban J connectivity index is 1.83. The predicted molar refractivity (Wildman–Crippen MR) is 74.5 cm³/mol. The molecule has 0 aliphatic carbocycles. The largest absolute Gasteiger partial charge is 0.314 e. The van der Waals surface area contributed by atoms with Crippen LogP contribution in [0.1, 0.15) is 38.7 Å². The Hall–Kier alpha value is -0.870. The average molecular weight is 250 g/mol. The zero-order valence-electron chi connectivity index (χ0n) is 11.9. The van der Waals surface area contributed by atoms with Crippen LogP contribution in [0.3, 0.4) is 0 Å². The van der Waals surface area contributed by atoms with Crippen LogP contribution in [-0.2, 0) is 13.1 Å². The normalized spacial score (nSPS) is 20.2. The second kappa shape index (κ2) is 5.85. The molecule has 1 N–H and O–H groups in total. The summed E-state index contributed by atoms with van der Waals surface area (Å²) in [6, 6.07) is 0. The van der Waals surface area contributed by atoms with Gasteiger partial charge in [-0.05, 0) is 33.2 Å². The van der Waals surface area contributed by atoms with Crippen molar-refractivity contribution in [1.29, 1.82) is 0 Å². The van der Waals surface area contributed by atoms with Gasteiger partial charge in [0.15, 0.2) is 0 Å². The molecule has 0 radical (unpaired) electrons. The topological polar surface area (TPSA) is 33.1 Å². The maximum absolute atomic E-state index is 4.39. The summed E-state index contributed by atoms with van der Waals surface area (Å²) in [4.78, 5) is 2.53. The Morgan fingerprint density at radius 3 is 2.72 bits per heavy atom. The van der Waals surface area contributed by atoms with E-state index in [1.54, 1.807) is 0 Å². The molecule has 0 spiro atoms. The third-order valence-corrected chi connectivity index (χ3v) is 4.11. The van der Waals surface area contributed by atoms with Crippen LogP contribution in [0.25, 0.3) is 0 Å². The second-order valence-electron chi connectivity index (χ2n) is 5.70. The van der Waals surface area contributed by atoms with Gasteiger partial charge >= 0.3 is 0 Å². The molecule has 1 fully saturated rings. The molecule has 2 heterocycles. The molecular formula is C14H26N4. The Morgan fingerprint density at radius 1 is 1.39 bits per heavy atom. The second-order valence-corrected chi connectivity index (χ2v) is 5.70. The number of nitrogens with one attached hydrogen (secondary N) is 1. The summed E-state index contributed by atoms with van der Waals surface area (Å²) in [5.74, 6) is 0. The lowest BCUT2D eigenvalue weighted by Gasteiger charge is -2.39. The van der Waals surface area contributed by atoms with Crippen LogP contribution < -0.4 is 5.32 Å². The number of aromatic nitrogens is 2. The average Bonchev–Trinajstić information content (AvgIpc) is 2.81.